The molecule has 0 saturated carbocycles. The number of ether oxygens (including phenoxy) is 2. The number of carbonyl (C=O) groups is 1. The third kappa shape index (κ3) is 3.83. The molecule has 0 atom stereocenters. The van der Waals surface area contributed by atoms with Crippen LogP contribution in [0.15, 0.2) is 48.5 Å². The van der Waals surface area contributed by atoms with Crippen LogP contribution in [0.4, 0.5) is 0 Å². The van der Waals surface area contributed by atoms with Crippen LogP contribution in [0.25, 0.3) is 0 Å². The predicted octanol–water partition coefficient (Wildman–Crippen LogP) is 3.75. The molecule has 0 aliphatic rings. The summed E-state index contributed by atoms with van der Waals surface area (Å²) in [6.45, 7) is 0.468. The number of hydrogen-bond acceptors (Lipinski definition) is 3. The first-order chi connectivity index (χ1) is 9.70. The monoisotopic (exact) mass is 290 g/mol. The first-order valence-corrected chi connectivity index (χ1v) is 6.57. The molecule has 0 spiro atoms. The number of benzene rings is 2. The number of carbonyl (C=O) groups excluding carboxylic acids is 1. The molecule has 0 amide bonds. The maximum absolute atomic E-state index is 12.0. The van der Waals surface area contributed by atoms with Gasteiger partial charge < -0.3 is 9.47 Å². The van der Waals surface area contributed by atoms with Crippen molar-refractivity contribution < 1.29 is 14.3 Å². The Morgan fingerprint density at radius 3 is 2.70 bits per heavy atom. The van der Waals surface area contributed by atoms with Gasteiger partial charge in [0.25, 0.3) is 0 Å². The average Bonchev–Trinajstić information content (AvgIpc) is 2.46. The maximum atomic E-state index is 12.0. The van der Waals surface area contributed by atoms with Crippen molar-refractivity contribution in [3.63, 3.8) is 0 Å². The third-order valence-electron chi connectivity index (χ3n) is 2.75. The quantitative estimate of drug-likeness (QED) is 0.760. The Bertz CT molecular complexity index is 596. The van der Waals surface area contributed by atoms with Gasteiger partial charge in [0.1, 0.15) is 5.75 Å². The molecule has 4 heteroatoms. The first kappa shape index (κ1) is 14.6. The normalized spacial score (nSPS) is 10.3. The summed E-state index contributed by atoms with van der Waals surface area (Å²) in [6, 6.07) is 14.4. The Kier molecular flexibility index (Phi) is 5.16. The highest BCUT2D eigenvalue weighted by atomic mass is 35.5. The Labute approximate surface area is 123 Å². The van der Waals surface area contributed by atoms with Crippen LogP contribution in [0.3, 0.4) is 0 Å². The number of halogens is 1. The average molecular weight is 291 g/mol. The zero-order chi connectivity index (χ0) is 14.4. The van der Waals surface area contributed by atoms with Crippen LogP contribution in [0.1, 0.15) is 15.9 Å². The smallest absolute Gasteiger partial charge is 0.201 e. The molecule has 0 unspecified atom stereocenters. The largest absolute Gasteiger partial charge is 0.485 e. The van der Waals surface area contributed by atoms with Gasteiger partial charge in [-0.25, -0.2) is 0 Å². The minimum atomic E-state index is -0.146. The number of rotatable bonds is 6. The summed E-state index contributed by atoms with van der Waals surface area (Å²) in [5.74, 6) is 0.493. The molecule has 0 N–H and O–H groups in total. The fraction of sp³-hybridized carbons (Fsp3) is 0.188. The van der Waals surface area contributed by atoms with Crippen LogP contribution >= 0.6 is 11.6 Å². The lowest BCUT2D eigenvalue weighted by atomic mass is 10.1. The standard InChI is InChI=1S/C16H15ClO3/c1-19-10-12-5-4-6-13(9-12)20-11-16(18)14-7-2-3-8-15(14)17/h2-9H,10-11H2,1H3. The van der Waals surface area contributed by atoms with E-state index in [0.717, 1.165) is 5.56 Å². The van der Waals surface area contributed by atoms with Crippen LogP contribution < -0.4 is 4.74 Å². The number of hydrogen-bond donors (Lipinski definition) is 0. The summed E-state index contributed by atoms with van der Waals surface area (Å²) < 4.78 is 10.6. The molecule has 3 nitrogen and oxygen atoms in total. The molecule has 0 bridgehead atoms. The summed E-state index contributed by atoms with van der Waals surface area (Å²) in [4.78, 5) is 12.0. The maximum Gasteiger partial charge on any atom is 0.201 e. The Hall–Kier alpha value is -1.84. The highest BCUT2D eigenvalue weighted by Crippen LogP contribution is 2.17. The fourth-order valence-corrected chi connectivity index (χ4v) is 2.05. The van der Waals surface area contributed by atoms with Gasteiger partial charge in [-0.15, -0.1) is 0 Å². The highest BCUT2D eigenvalue weighted by molar-refractivity contribution is 6.34. The zero-order valence-corrected chi connectivity index (χ0v) is 11.9. The van der Waals surface area contributed by atoms with E-state index in [1.165, 1.54) is 0 Å². The molecule has 104 valence electrons. The second kappa shape index (κ2) is 7.08. The molecule has 2 rings (SSSR count). The molecule has 2 aromatic rings. The Morgan fingerprint density at radius 2 is 1.95 bits per heavy atom. The molecule has 0 fully saturated rings. The van der Waals surface area contributed by atoms with Crippen LogP contribution in [0, 0.1) is 0 Å². The van der Waals surface area contributed by atoms with Crippen molar-refractivity contribution in [3.8, 4) is 5.75 Å². The molecule has 0 aliphatic carbocycles. The van der Waals surface area contributed by atoms with E-state index < -0.39 is 0 Å². The predicted molar refractivity (Wildman–Crippen MR) is 78.4 cm³/mol. The van der Waals surface area contributed by atoms with Crippen molar-refractivity contribution in [3.05, 3.63) is 64.7 Å². The third-order valence-corrected chi connectivity index (χ3v) is 3.08. The van der Waals surface area contributed by atoms with Crippen molar-refractivity contribution >= 4 is 17.4 Å². The molecule has 2 aromatic carbocycles. The van der Waals surface area contributed by atoms with Gasteiger partial charge in [-0.1, -0.05) is 35.9 Å². The van der Waals surface area contributed by atoms with Crippen LogP contribution in [-0.4, -0.2) is 19.5 Å². The molecule has 20 heavy (non-hydrogen) atoms. The van der Waals surface area contributed by atoms with Gasteiger partial charge in [-0.3, -0.25) is 4.79 Å². The number of methoxy groups -OCH3 is 1. The Balaban J connectivity index is 2.00. The van der Waals surface area contributed by atoms with E-state index in [4.69, 9.17) is 21.1 Å². The summed E-state index contributed by atoms with van der Waals surface area (Å²) in [6.07, 6.45) is 0. The molecule has 0 radical (unpaired) electrons. The van der Waals surface area contributed by atoms with E-state index in [9.17, 15) is 4.79 Å². The van der Waals surface area contributed by atoms with Crippen molar-refractivity contribution in [2.24, 2.45) is 0 Å². The van der Waals surface area contributed by atoms with E-state index in [0.29, 0.717) is 22.9 Å². The Morgan fingerprint density at radius 1 is 1.15 bits per heavy atom. The van der Waals surface area contributed by atoms with Crippen LogP contribution in [0.2, 0.25) is 5.02 Å². The lowest BCUT2D eigenvalue weighted by molar-refractivity contribution is 0.0921. The van der Waals surface area contributed by atoms with Crippen LogP contribution in [0.5, 0.6) is 5.75 Å². The lowest BCUT2D eigenvalue weighted by Gasteiger charge is -2.08. The summed E-state index contributed by atoms with van der Waals surface area (Å²) >= 11 is 5.97. The summed E-state index contributed by atoms with van der Waals surface area (Å²) in [5, 5.41) is 0.439. The molecular weight excluding hydrogens is 276 g/mol. The van der Waals surface area contributed by atoms with Gasteiger partial charge in [-0.05, 0) is 29.8 Å². The SMILES string of the molecule is COCc1cccc(OCC(=O)c2ccccc2Cl)c1. The summed E-state index contributed by atoms with van der Waals surface area (Å²) in [7, 11) is 1.63. The van der Waals surface area contributed by atoms with Crippen molar-refractivity contribution in [1.29, 1.82) is 0 Å². The van der Waals surface area contributed by atoms with E-state index in [-0.39, 0.29) is 12.4 Å². The second-order valence-corrected chi connectivity index (χ2v) is 4.68. The van der Waals surface area contributed by atoms with Crippen LogP contribution in [-0.2, 0) is 11.3 Å². The van der Waals surface area contributed by atoms with Gasteiger partial charge in [0.2, 0.25) is 5.78 Å². The number of ketones is 1. The van der Waals surface area contributed by atoms with E-state index in [2.05, 4.69) is 0 Å². The topological polar surface area (TPSA) is 35.5 Å². The first-order valence-electron chi connectivity index (χ1n) is 6.19. The van der Waals surface area contributed by atoms with Crippen molar-refractivity contribution in [2.45, 2.75) is 6.61 Å². The molecule has 0 aromatic heterocycles. The van der Waals surface area contributed by atoms with Crippen molar-refractivity contribution in [1.82, 2.24) is 0 Å². The zero-order valence-electron chi connectivity index (χ0n) is 11.1. The second-order valence-electron chi connectivity index (χ2n) is 4.27. The molecular formula is C16H15ClO3. The van der Waals surface area contributed by atoms with Gasteiger partial charge >= 0.3 is 0 Å². The molecule has 0 aliphatic heterocycles. The lowest BCUT2D eigenvalue weighted by Crippen LogP contribution is -2.12. The highest BCUT2D eigenvalue weighted by Gasteiger charge is 2.10. The van der Waals surface area contributed by atoms with Gasteiger partial charge in [0.05, 0.1) is 11.6 Å². The van der Waals surface area contributed by atoms with Gasteiger partial charge in [-0.2, -0.15) is 0 Å². The summed E-state index contributed by atoms with van der Waals surface area (Å²) in [5.41, 5.74) is 1.47. The van der Waals surface area contributed by atoms with Crippen molar-refractivity contribution in [2.75, 3.05) is 13.7 Å². The van der Waals surface area contributed by atoms with E-state index >= 15 is 0 Å². The minimum Gasteiger partial charge on any atom is -0.485 e. The van der Waals surface area contributed by atoms with Gasteiger partial charge in [0, 0.05) is 12.7 Å². The fourth-order valence-electron chi connectivity index (χ4n) is 1.81. The van der Waals surface area contributed by atoms with Gasteiger partial charge in [0.15, 0.2) is 6.61 Å². The molecule has 0 heterocycles. The number of Topliss-reactive ketones (excluding diaryl/α,β-unsaturated/α-hetero) is 1. The molecule has 0 saturated heterocycles. The van der Waals surface area contributed by atoms with E-state index in [1.54, 1.807) is 37.4 Å². The minimum absolute atomic E-state index is 0.0415. The van der Waals surface area contributed by atoms with E-state index in [1.807, 2.05) is 18.2 Å².